The first-order valence-corrected chi connectivity index (χ1v) is 8.12. The van der Waals surface area contributed by atoms with Crippen LogP contribution in [0.15, 0.2) is 42.5 Å². The Balaban J connectivity index is 1.66. The minimum Gasteiger partial charge on any atom is -0.367 e. The molecule has 0 radical (unpaired) electrons. The van der Waals surface area contributed by atoms with Gasteiger partial charge in [0.15, 0.2) is 17.5 Å². The summed E-state index contributed by atoms with van der Waals surface area (Å²) in [5, 5.41) is 12.5. The van der Waals surface area contributed by atoms with Crippen molar-refractivity contribution in [3.05, 3.63) is 65.5 Å². The Morgan fingerprint density at radius 1 is 1.04 bits per heavy atom. The van der Waals surface area contributed by atoms with Crippen molar-refractivity contribution in [2.45, 2.75) is 24.9 Å². The van der Waals surface area contributed by atoms with E-state index in [0.29, 0.717) is 25.9 Å². The van der Waals surface area contributed by atoms with Gasteiger partial charge in [0.05, 0.1) is 6.07 Å². The Hall–Kier alpha value is -2.52. The molecule has 0 saturated carbocycles. The number of nitrogens with one attached hydrogen (secondary N) is 1. The monoisotopic (exact) mass is 345 g/mol. The van der Waals surface area contributed by atoms with Crippen LogP contribution in [0.25, 0.3) is 0 Å². The van der Waals surface area contributed by atoms with E-state index in [1.54, 1.807) is 0 Å². The third kappa shape index (κ3) is 3.94. The second-order valence-electron chi connectivity index (χ2n) is 6.33. The van der Waals surface area contributed by atoms with Crippen LogP contribution in [-0.4, -0.2) is 23.5 Å². The third-order valence-corrected chi connectivity index (χ3v) is 4.54. The van der Waals surface area contributed by atoms with Crippen LogP contribution in [0.2, 0.25) is 0 Å². The van der Waals surface area contributed by atoms with Gasteiger partial charge >= 0.3 is 0 Å². The summed E-state index contributed by atoms with van der Waals surface area (Å²) in [6.07, 6.45) is 1.02. The molecular formula is C19H18F3N3. The van der Waals surface area contributed by atoms with Crippen molar-refractivity contribution >= 4 is 5.69 Å². The maximum Gasteiger partial charge on any atom is 0.194 e. The highest BCUT2D eigenvalue weighted by molar-refractivity contribution is 5.49. The van der Waals surface area contributed by atoms with Crippen molar-refractivity contribution in [3.63, 3.8) is 0 Å². The molecule has 0 amide bonds. The zero-order chi connectivity index (χ0) is 17.9. The summed E-state index contributed by atoms with van der Waals surface area (Å²) in [5.74, 6) is -4.04. The van der Waals surface area contributed by atoms with Crippen LogP contribution >= 0.6 is 0 Å². The Kier molecular flexibility index (Phi) is 4.95. The first-order valence-electron chi connectivity index (χ1n) is 8.12. The van der Waals surface area contributed by atoms with Gasteiger partial charge < -0.3 is 5.32 Å². The molecule has 0 atom stereocenters. The van der Waals surface area contributed by atoms with E-state index in [2.05, 4.69) is 28.4 Å². The minimum absolute atomic E-state index is 0.0782. The Labute approximate surface area is 144 Å². The summed E-state index contributed by atoms with van der Waals surface area (Å²) >= 11 is 0. The molecule has 3 rings (SSSR count). The first kappa shape index (κ1) is 17.3. The lowest BCUT2D eigenvalue weighted by atomic mass is 9.88. The normalized spacial score (nSPS) is 17.0. The van der Waals surface area contributed by atoms with Gasteiger partial charge in [-0.15, -0.1) is 0 Å². The van der Waals surface area contributed by atoms with E-state index < -0.39 is 23.0 Å². The number of nitrogens with zero attached hydrogens (tertiary/aromatic N) is 2. The number of hydrogen-bond acceptors (Lipinski definition) is 3. The van der Waals surface area contributed by atoms with Crippen LogP contribution in [0.4, 0.5) is 18.9 Å². The molecule has 130 valence electrons. The Morgan fingerprint density at radius 2 is 1.64 bits per heavy atom. The van der Waals surface area contributed by atoms with Crippen molar-refractivity contribution < 1.29 is 13.2 Å². The molecule has 2 aromatic carbocycles. The molecule has 1 fully saturated rings. The van der Waals surface area contributed by atoms with Crippen molar-refractivity contribution in [1.82, 2.24) is 4.90 Å². The van der Waals surface area contributed by atoms with Crippen LogP contribution < -0.4 is 5.32 Å². The smallest absolute Gasteiger partial charge is 0.194 e. The van der Waals surface area contributed by atoms with E-state index in [-0.39, 0.29) is 5.69 Å². The lowest BCUT2D eigenvalue weighted by molar-refractivity contribution is 0.189. The third-order valence-electron chi connectivity index (χ3n) is 4.54. The predicted molar refractivity (Wildman–Crippen MR) is 89.2 cm³/mol. The molecule has 0 spiro atoms. The summed E-state index contributed by atoms with van der Waals surface area (Å²) in [4.78, 5) is 2.23. The average molecular weight is 345 g/mol. The summed E-state index contributed by atoms with van der Waals surface area (Å²) in [6.45, 7) is 2.16. The lowest BCUT2D eigenvalue weighted by Crippen LogP contribution is -2.48. The van der Waals surface area contributed by atoms with Crippen LogP contribution in [0, 0.1) is 28.8 Å². The Bertz CT molecular complexity index is 755. The van der Waals surface area contributed by atoms with E-state index in [4.69, 9.17) is 0 Å². The fourth-order valence-corrected chi connectivity index (χ4v) is 3.10. The lowest BCUT2D eigenvalue weighted by Gasteiger charge is -2.38. The van der Waals surface area contributed by atoms with E-state index in [0.717, 1.165) is 18.7 Å². The molecule has 1 aliphatic heterocycles. The number of piperidine rings is 1. The molecule has 6 heteroatoms. The van der Waals surface area contributed by atoms with Crippen molar-refractivity contribution in [2.24, 2.45) is 0 Å². The Morgan fingerprint density at radius 3 is 2.20 bits per heavy atom. The van der Waals surface area contributed by atoms with Gasteiger partial charge in [-0.05, 0) is 18.4 Å². The maximum absolute atomic E-state index is 13.4. The van der Waals surface area contributed by atoms with Gasteiger partial charge in [0, 0.05) is 37.5 Å². The molecule has 25 heavy (non-hydrogen) atoms. The SMILES string of the molecule is N#CC1(Nc2cc(F)c(F)c(F)c2)CCN(Cc2ccccc2)CC1. The molecule has 0 unspecified atom stereocenters. The van der Waals surface area contributed by atoms with Gasteiger partial charge in [0.2, 0.25) is 0 Å². The molecule has 1 N–H and O–H groups in total. The number of hydrogen-bond donors (Lipinski definition) is 1. The molecule has 0 bridgehead atoms. The average Bonchev–Trinajstić information content (AvgIpc) is 2.62. The largest absolute Gasteiger partial charge is 0.367 e. The van der Waals surface area contributed by atoms with Gasteiger partial charge in [-0.25, -0.2) is 13.2 Å². The summed E-state index contributed by atoms with van der Waals surface area (Å²) in [5.41, 5.74) is 0.362. The van der Waals surface area contributed by atoms with Gasteiger partial charge in [-0.1, -0.05) is 30.3 Å². The molecule has 1 aliphatic rings. The number of halogens is 3. The molecule has 2 aromatic rings. The van der Waals surface area contributed by atoms with E-state index in [9.17, 15) is 18.4 Å². The zero-order valence-electron chi connectivity index (χ0n) is 13.6. The zero-order valence-corrected chi connectivity index (χ0v) is 13.6. The summed E-state index contributed by atoms with van der Waals surface area (Å²) < 4.78 is 39.8. The van der Waals surface area contributed by atoms with Gasteiger partial charge in [-0.3, -0.25) is 4.90 Å². The topological polar surface area (TPSA) is 39.1 Å². The number of likely N-dealkylation sites (tertiary alicyclic amines) is 1. The highest BCUT2D eigenvalue weighted by Gasteiger charge is 2.35. The fourth-order valence-electron chi connectivity index (χ4n) is 3.10. The van der Waals surface area contributed by atoms with Crippen LogP contribution in [0.5, 0.6) is 0 Å². The molecule has 1 saturated heterocycles. The van der Waals surface area contributed by atoms with Crippen molar-refractivity contribution in [2.75, 3.05) is 18.4 Å². The molecule has 1 heterocycles. The standard InChI is InChI=1S/C19H18F3N3/c20-16-10-15(11-17(21)18(16)22)24-19(13-23)6-8-25(9-7-19)12-14-4-2-1-3-5-14/h1-5,10-11,24H,6-9,12H2. The molecule has 0 aromatic heterocycles. The van der Waals surface area contributed by atoms with Gasteiger partial charge in [0.1, 0.15) is 5.54 Å². The summed E-state index contributed by atoms with van der Waals surface area (Å²) in [6, 6.07) is 14.0. The van der Waals surface area contributed by atoms with Crippen LogP contribution in [0.3, 0.4) is 0 Å². The van der Waals surface area contributed by atoms with E-state index in [1.165, 1.54) is 5.56 Å². The number of nitriles is 1. The second kappa shape index (κ2) is 7.16. The van der Waals surface area contributed by atoms with Gasteiger partial charge in [-0.2, -0.15) is 5.26 Å². The van der Waals surface area contributed by atoms with Crippen molar-refractivity contribution in [3.8, 4) is 6.07 Å². The number of anilines is 1. The van der Waals surface area contributed by atoms with Crippen molar-refractivity contribution in [1.29, 1.82) is 5.26 Å². The highest BCUT2D eigenvalue weighted by atomic mass is 19.2. The van der Waals surface area contributed by atoms with E-state index in [1.807, 2.05) is 18.2 Å². The van der Waals surface area contributed by atoms with Gasteiger partial charge in [0.25, 0.3) is 0 Å². The quantitative estimate of drug-likeness (QED) is 0.849. The fraction of sp³-hybridized carbons (Fsp3) is 0.316. The second-order valence-corrected chi connectivity index (χ2v) is 6.33. The number of benzene rings is 2. The number of rotatable bonds is 4. The molecule has 0 aliphatic carbocycles. The highest BCUT2D eigenvalue weighted by Crippen LogP contribution is 2.28. The minimum atomic E-state index is -1.51. The molecule has 3 nitrogen and oxygen atoms in total. The van der Waals surface area contributed by atoms with E-state index >= 15 is 0 Å². The first-order chi connectivity index (χ1) is 12.0. The summed E-state index contributed by atoms with van der Waals surface area (Å²) in [7, 11) is 0. The molecular weight excluding hydrogens is 327 g/mol. The maximum atomic E-state index is 13.4. The van der Waals surface area contributed by atoms with Crippen LogP contribution in [-0.2, 0) is 6.54 Å². The van der Waals surface area contributed by atoms with Crippen LogP contribution in [0.1, 0.15) is 18.4 Å². The predicted octanol–water partition coefficient (Wildman–Crippen LogP) is 4.07.